The lowest BCUT2D eigenvalue weighted by atomic mass is 10.0. The van der Waals surface area contributed by atoms with Crippen molar-refractivity contribution in [3.05, 3.63) is 64.3 Å². The Morgan fingerprint density at radius 3 is 2.42 bits per heavy atom. The summed E-state index contributed by atoms with van der Waals surface area (Å²) in [7, 11) is -3.77. The number of furan rings is 1. The average molecular weight is 554 g/mol. The van der Waals surface area contributed by atoms with Crippen molar-refractivity contribution in [1.29, 1.82) is 0 Å². The van der Waals surface area contributed by atoms with Crippen LogP contribution in [0.3, 0.4) is 0 Å². The summed E-state index contributed by atoms with van der Waals surface area (Å²) in [6.07, 6.45) is 1.49. The van der Waals surface area contributed by atoms with Gasteiger partial charge in [-0.05, 0) is 55.5 Å². The van der Waals surface area contributed by atoms with Crippen LogP contribution < -0.4 is 15.4 Å². The van der Waals surface area contributed by atoms with Gasteiger partial charge >= 0.3 is 0 Å². The van der Waals surface area contributed by atoms with Crippen molar-refractivity contribution in [3.8, 4) is 0 Å². The fourth-order valence-electron chi connectivity index (χ4n) is 3.59. The molecule has 0 unspecified atom stereocenters. The minimum Gasteiger partial charge on any atom is -0.451 e. The molecule has 8 nitrogen and oxygen atoms in total. The Morgan fingerprint density at radius 1 is 1.00 bits per heavy atom. The van der Waals surface area contributed by atoms with Gasteiger partial charge in [-0.3, -0.25) is 9.59 Å². The summed E-state index contributed by atoms with van der Waals surface area (Å²) in [6, 6.07) is 12.4. The highest BCUT2D eigenvalue weighted by Crippen LogP contribution is 2.24. The molecule has 0 bridgehead atoms. The van der Waals surface area contributed by atoms with Crippen molar-refractivity contribution in [1.82, 2.24) is 15.4 Å². The molecule has 11 heteroatoms. The SMILES string of the molecule is CC(C)C[C@H](NC(=O)c1cc2ccccc2o1)C(=O)NCCCCNS(=O)(=O)c1ccc(Cl)cc1Cl. The van der Waals surface area contributed by atoms with Crippen LogP contribution in [-0.2, 0) is 14.8 Å². The molecule has 0 aliphatic carbocycles. The summed E-state index contributed by atoms with van der Waals surface area (Å²) in [5.41, 5.74) is 0.599. The van der Waals surface area contributed by atoms with E-state index in [4.69, 9.17) is 27.6 Å². The van der Waals surface area contributed by atoms with Crippen molar-refractivity contribution < 1.29 is 22.4 Å². The molecule has 194 valence electrons. The van der Waals surface area contributed by atoms with Gasteiger partial charge < -0.3 is 15.1 Å². The van der Waals surface area contributed by atoms with Crippen LogP contribution in [0.4, 0.5) is 0 Å². The van der Waals surface area contributed by atoms with E-state index in [0.717, 1.165) is 5.39 Å². The second kappa shape index (κ2) is 12.6. The molecule has 0 aliphatic rings. The maximum absolute atomic E-state index is 12.8. The van der Waals surface area contributed by atoms with E-state index in [1.807, 2.05) is 32.0 Å². The minimum atomic E-state index is -3.77. The number of carbonyl (C=O) groups is 2. The van der Waals surface area contributed by atoms with E-state index in [-0.39, 0.29) is 34.0 Å². The number of benzene rings is 2. The Labute approximate surface area is 220 Å². The number of carbonyl (C=O) groups excluding carboxylic acids is 2. The van der Waals surface area contributed by atoms with Crippen LogP contribution in [0.1, 0.15) is 43.7 Å². The monoisotopic (exact) mass is 553 g/mol. The maximum atomic E-state index is 12.8. The lowest BCUT2D eigenvalue weighted by molar-refractivity contribution is -0.123. The van der Waals surface area contributed by atoms with Crippen molar-refractivity contribution >= 4 is 56.0 Å². The predicted molar refractivity (Wildman–Crippen MR) is 141 cm³/mol. The molecule has 1 aromatic heterocycles. The number of amides is 2. The number of hydrogen-bond acceptors (Lipinski definition) is 5. The smallest absolute Gasteiger partial charge is 0.287 e. The summed E-state index contributed by atoms with van der Waals surface area (Å²) < 4.78 is 32.9. The van der Waals surface area contributed by atoms with Gasteiger partial charge in [-0.25, -0.2) is 13.1 Å². The number of nitrogens with one attached hydrogen (secondary N) is 3. The maximum Gasteiger partial charge on any atom is 0.287 e. The van der Waals surface area contributed by atoms with Gasteiger partial charge in [-0.2, -0.15) is 0 Å². The second-order valence-corrected chi connectivity index (χ2v) is 11.4. The normalized spacial score (nSPS) is 12.6. The number of sulfonamides is 1. The Morgan fingerprint density at radius 2 is 1.72 bits per heavy atom. The van der Waals surface area contributed by atoms with Gasteiger partial charge in [0, 0.05) is 23.5 Å². The molecule has 0 spiro atoms. The fourth-order valence-corrected chi connectivity index (χ4v) is 5.43. The molecule has 1 heterocycles. The third kappa shape index (κ3) is 7.70. The molecule has 3 N–H and O–H groups in total. The lowest BCUT2D eigenvalue weighted by Gasteiger charge is -2.19. The van der Waals surface area contributed by atoms with E-state index in [0.29, 0.717) is 36.4 Å². The van der Waals surface area contributed by atoms with Gasteiger partial charge in [0.2, 0.25) is 15.9 Å². The Balaban J connectivity index is 1.47. The van der Waals surface area contributed by atoms with E-state index in [9.17, 15) is 18.0 Å². The van der Waals surface area contributed by atoms with Crippen LogP contribution in [0, 0.1) is 5.92 Å². The van der Waals surface area contributed by atoms with Crippen molar-refractivity contribution in [2.45, 2.75) is 44.0 Å². The number of rotatable bonds is 12. The zero-order valence-corrected chi connectivity index (χ0v) is 22.3. The van der Waals surface area contributed by atoms with Crippen LogP contribution >= 0.6 is 23.2 Å². The van der Waals surface area contributed by atoms with Crippen LogP contribution in [0.5, 0.6) is 0 Å². The van der Waals surface area contributed by atoms with Crippen LogP contribution in [0.15, 0.2) is 57.8 Å². The van der Waals surface area contributed by atoms with Crippen LogP contribution in [0.25, 0.3) is 11.0 Å². The summed E-state index contributed by atoms with van der Waals surface area (Å²) >= 11 is 11.8. The zero-order valence-electron chi connectivity index (χ0n) is 20.0. The average Bonchev–Trinajstić information content (AvgIpc) is 3.24. The molecular formula is C25H29Cl2N3O5S. The first-order chi connectivity index (χ1) is 17.1. The van der Waals surface area contributed by atoms with Gasteiger partial charge in [0.1, 0.15) is 16.5 Å². The first-order valence-corrected chi connectivity index (χ1v) is 13.8. The number of unbranched alkanes of at least 4 members (excludes halogenated alkanes) is 1. The highest BCUT2D eigenvalue weighted by Gasteiger charge is 2.24. The summed E-state index contributed by atoms with van der Waals surface area (Å²) in [4.78, 5) is 25.4. The molecule has 3 rings (SSSR count). The number of para-hydroxylation sites is 1. The van der Waals surface area contributed by atoms with E-state index >= 15 is 0 Å². The Bertz CT molecular complexity index is 1290. The standard InChI is InChI=1S/C25H29Cl2N3O5S/c1-16(2)13-20(30-25(32)22-14-17-7-3-4-8-21(17)35-22)24(31)28-11-5-6-12-29-36(33,34)23-10-9-18(26)15-19(23)27/h3-4,7-10,14-16,20,29H,5-6,11-13H2,1-2H3,(H,28,31)(H,30,32)/t20-/m0/s1. The highest BCUT2D eigenvalue weighted by atomic mass is 35.5. The molecule has 0 aliphatic heterocycles. The van der Waals surface area contributed by atoms with Gasteiger partial charge in [-0.15, -0.1) is 0 Å². The van der Waals surface area contributed by atoms with Gasteiger partial charge in [-0.1, -0.05) is 55.2 Å². The molecule has 2 amide bonds. The third-order valence-corrected chi connectivity index (χ3v) is 7.54. The number of halogens is 2. The van der Waals surface area contributed by atoms with E-state index in [1.165, 1.54) is 18.2 Å². The van der Waals surface area contributed by atoms with E-state index in [1.54, 1.807) is 12.1 Å². The number of fused-ring (bicyclic) bond motifs is 1. The zero-order chi connectivity index (χ0) is 26.3. The summed E-state index contributed by atoms with van der Waals surface area (Å²) in [5.74, 6) is -0.444. The largest absolute Gasteiger partial charge is 0.451 e. The molecule has 3 aromatic rings. The molecular weight excluding hydrogens is 525 g/mol. The van der Waals surface area contributed by atoms with E-state index in [2.05, 4.69) is 15.4 Å². The summed E-state index contributed by atoms with van der Waals surface area (Å²) in [6.45, 7) is 4.44. The molecule has 1 atom stereocenters. The third-order valence-electron chi connectivity index (χ3n) is 5.36. The Hall–Kier alpha value is -2.59. The topological polar surface area (TPSA) is 118 Å². The fraction of sp³-hybridized carbons (Fsp3) is 0.360. The lowest BCUT2D eigenvalue weighted by Crippen LogP contribution is -2.47. The predicted octanol–water partition coefficient (Wildman–Crippen LogP) is 4.76. The quantitative estimate of drug-likeness (QED) is 0.279. The van der Waals surface area contributed by atoms with Crippen molar-refractivity contribution in [3.63, 3.8) is 0 Å². The molecule has 0 radical (unpaired) electrons. The van der Waals surface area contributed by atoms with Gasteiger partial charge in [0.15, 0.2) is 5.76 Å². The summed E-state index contributed by atoms with van der Waals surface area (Å²) in [5, 5.41) is 6.78. The molecule has 0 fully saturated rings. The molecule has 0 saturated heterocycles. The molecule has 2 aromatic carbocycles. The van der Waals surface area contributed by atoms with Crippen molar-refractivity contribution in [2.24, 2.45) is 5.92 Å². The second-order valence-electron chi connectivity index (χ2n) is 8.77. The van der Waals surface area contributed by atoms with Gasteiger partial charge in [0.05, 0.1) is 5.02 Å². The number of hydrogen-bond donors (Lipinski definition) is 3. The first-order valence-electron chi connectivity index (χ1n) is 11.6. The Kier molecular flexibility index (Phi) is 9.78. The van der Waals surface area contributed by atoms with Crippen LogP contribution in [-0.4, -0.2) is 39.4 Å². The van der Waals surface area contributed by atoms with Gasteiger partial charge in [0.25, 0.3) is 5.91 Å². The van der Waals surface area contributed by atoms with Crippen LogP contribution in [0.2, 0.25) is 10.0 Å². The minimum absolute atomic E-state index is 0.0430. The molecule has 36 heavy (non-hydrogen) atoms. The first kappa shape index (κ1) is 28.0. The van der Waals surface area contributed by atoms with Crippen molar-refractivity contribution in [2.75, 3.05) is 13.1 Å². The molecule has 0 saturated carbocycles. The van der Waals surface area contributed by atoms with E-state index < -0.39 is 22.0 Å². The highest BCUT2D eigenvalue weighted by molar-refractivity contribution is 7.89.